The number of hydrogen-bond acceptors (Lipinski definition) is 3. The Bertz CT molecular complexity index is 577. The second kappa shape index (κ2) is 7.01. The molecule has 2 fully saturated rings. The second-order valence-electron chi connectivity index (χ2n) is 6.42. The maximum atomic E-state index is 12.9. The standard InChI is InChI=1S/C17H21F3N2O2/c18-17(19,20)14-3-1-2-4-15(14)24-11-16(23)22-7-5-12-9-21-10-13(12)6-8-22/h1-4,12-13,21H,5-11H2/t12-,13+. The molecule has 4 nitrogen and oxygen atoms in total. The number of nitrogens with one attached hydrogen (secondary N) is 1. The molecule has 2 saturated heterocycles. The van der Waals surface area contributed by atoms with E-state index in [9.17, 15) is 18.0 Å². The molecule has 1 aromatic rings. The number of carbonyl (C=O) groups is 1. The van der Waals surface area contributed by atoms with Crippen LogP contribution in [0.15, 0.2) is 24.3 Å². The van der Waals surface area contributed by atoms with E-state index in [1.807, 2.05) is 0 Å². The highest BCUT2D eigenvalue weighted by atomic mass is 19.4. The molecule has 0 unspecified atom stereocenters. The molecule has 2 aliphatic rings. The number of hydrogen-bond donors (Lipinski definition) is 1. The third-order valence-corrected chi connectivity index (χ3v) is 4.92. The van der Waals surface area contributed by atoms with Crippen molar-refractivity contribution >= 4 is 5.91 Å². The van der Waals surface area contributed by atoms with Crippen LogP contribution in [-0.4, -0.2) is 43.6 Å². The molecule has 1 aromatic carbocycles. The number of carbonyl (C=O) groups excluding carboxylic acids is 1. The first-order valence-corrected chi connectivity index (χ1v) is 8.22. The Balaban J connectivity index is 1.58. The van der Waals surface area contributed by atoms with Gasteiger partial charge in [0, 0.05) is 13.1 Å². The van der Waals surface area contributed by atoms with Gasteiger partial charge in [0.15, 0.2) is 6.61 Å². The zero-order valence-electron chi connectivity index (χ0n) is 13.3. The van der Waals surface area contributed by atoms with Crippen LogP contribution in [0.1, 0.15) is 18.4 Å². The summed E-state index contributed by atoms with van der Waals surface area (Å²) >= 11 is 0. The van der Waals surface area contributed by atoms with Crippen molar-refractivity contribution in [3.8, 4) is 5.75 Å². The largest absolute Gasteiger partial charge is 0.483 e. The van der Waals surface area contributed by atoms with E-state index in [0.29, 0.717) is 24.9 Å². The van der Waals surface area contributed by atoms with Crippen molar-refractivity contribution in [1.82, 2.24) is 10.2 Å². The van der Waals surface area contributed by atoms with E-state index >= 15 is 0 Å². The highest BCUT2D eigenvalue weighted by Gasteiger charge is 2.35. The van der Waals surface area contributed by atoms with Gasteiger partial charge < -0.3 is 15.0 Å². The highest BCUT2D eigenvalue weighted by Crippen LogP contribution is 2.36. The number of fused-ring (bicyclic) bond motifs is 1. The van der Waals surface area contributed by atoms with Crippen molar-refractivity contribution in [1.29, 1.82) is 0 Å². The zero-order chi connectivity index (χ0) is 17.2. The van der Waals surface area contributed by atoms with Crippen molar-refractivity contribution in [3.63, 3.8) is 0 Å². The Morgan fingerprint density at radius 1 is 1.17 bits per heavy atom. The number of alkyl halides is 3. The molecular weight excluding hydrogens is 321 g/mol. The normalized spacial score (nSPS) is 24.4. The molecule has 0 aromatic heterocycles. The minimum Gasteiger partial charge on any atom is -0.483 e. The van der Waals surface area contributed by atoms with Crippen molar-refractivity contribution in [2.24, 2.45) is 11.8 Å². The van der Waals surface area contributed by atoms with Gasteiger partial charge in [-0.25, -0.2) is 0 Å². The molecule has 0 aliphatic carbocycles. The Labute approximate surface area is 139 Å². The van der Waals surface area contributed by atoms with E-state index in [1.54, 1.807) is 4.90 Å². The first-order chi connectivity index (χ1) is 11.4. The fourth-order valence-corrected chi connectivity index (χ4v) is 3.52. The predicted molar refractivity (Wildman–Crippen MR) is 82.6 cm³/mol. The molecule has 24 heavy (non-hydrogen) atoms. The summed E-state index contributed by atoms with van der Waals surface area (Å²) < 4.78 is 44.0. The van der Waals surface area contributed by atoms with Gasteiger partial charge in [-0.3, -0.25) is 4.79 Å². The van der Waals surface area contributed by atoms with Gasteiger partial charge >= 0.3 is 6.18 Å². The molecule has 2 heterocycles. The van der Waals surface area contributed by atoms with Crippen LogP contribution in [0.2, 0.25) is 0 Å². The number of likely N-dealkylation sites (tertiary alicyclic amines) is 1. The van der Waals surface area contributed by atoms with Gasteiger partial charge in [0.2, 0.25) is 0 Å². The minimum absolute atomic E-state index is 0.250. The predicted octanol–water partition coefficient (Wildman–Crippen LogP) is 2.54. The Kier molecular flexibility index (Phi) is 4.99. The number of amides is 1. The summed E-state index contributed by atoms with van der Waals surface area (Å²) in [7, 11) is 0. The maximum Gasteiger partial charge on any atom is 0.419 e. The van der Waals surface area contributed by atoms with Gasteiger partial charge in [-0.05, 0) is 49.9 Å². The van der Waals surface area contributed by atoms with Crippen LogP contribution in [0.4, 0.5) is 13.2 Å². The van der Waals surface area contributed by atoms with Gasteiger partial charge in [-0.2, -0.15) is 13.2 Å². The summed E-state index contributed by atoms with van der Waals surface area (Å²) in [4.78, 5) is 14.0. The van der Waals surface area contributed by atoms with Gasteiger partial charge in [-0.1, -0.05) is 12.1 Å². The number of para-hydroxylation sites is 1. The number of ether oxygens (including phenoxy) is 1. The quantitative estimate of drug-likeness (QED) is 0.918. The summed E-state index contributed by atoms with van der Waals surface area (Å²) in [6.45, 7) is 2.91. The zero-order valence-corrected chi connectivity index (χ0v) is 13.3. The molecule has 1 amide bonds. The number of nitrogens with zero attached hydrogens (tertiary/aromatic N) is 1. The smallest absolute Gasteiger partial charge is 0.419 e. The van der Waals surface area contributed by atoms with Gasteiger partial charge in [0.25, 0.3) is 5.91 Å². The number of rotatable bonds is 3. The van der Waals surface area contributed by atoms with E-state index in [-0.39, 0.29) is 18.3 Å². The minimum atomic E-state index is -4.49. The van der Waals surface area contributed by atoms with Gasteiger partial charge in [0.1, 0.15) is 5.75 Å². The summed E-state index contributed by atoms with van der Waals surface area (Å²) in [5, 5.41) is 3.37. The molecule has 1 N–H and O–H groups in total. The van der Waals surface area contributed by atoms with Crippen molar-refractivity contribution < 1.29 is 22.7 Å². The lowest BCUT2D eigenvalue weighted by Crippen LogP contribution is -2.36. The first-order valence-electron chi connectivity index (χ1n) is 8.22. The van der Waals surface area contributed by atoms with Crippen LogP contribution in [-0.2, 0) is 11.0 Å². The van der Waals surface area contributed by atoms with E-state index in [1.165, 1.54) is 18.2 Å². The fourth-order valence-electron chi connectivity index (χ4n) is 3.52. The van der Waals surface area contributed by atoms with E-state index < -0.39 is 11.7 Å². The Morgan fingerprint density at radius 3 is 2.42 bits per heavy atom. The van der Waals surface area contributed by atoms with Crippen molar-refractivity contribution in [2.75, 3.05) is 32.8 Å². The van der Waals surface area contributed by atoms with E-state index in [4.69, 9.17) is 4.74 Å². The molecule has 0 radical (unpaired) electrons. The van der Waals surface area contributed by atoms with Crippen LogP contribution in [0.25, 0.3) is 0 Å². The maximum absolute atomic E-state index is 12.9. The molecule has 3 rings (SSSR count). The molecular formula is C17H21F3N2O2. The molecule has 2 atom stereocenters. The Hall–Kier alpha value is -1.76. The third-order valence-electron chi connectivity index (χ3n) is 4.92. The molecule has 0 saturated carbocycles. The van der Waals surface area contributed by atoms with Crippen LogP contribution < -0.4 is 10.1 Å². The van der Waals surface area contributed by atoms with Gasteiger partial charge in [-0.15, -0.1) is 0 Å². The fraction of sp³-hybridized carbons (Fsp3) is 0.588. The Morgan fingerprint density at radius 2 is 1.79 bits per heavy atom. The second-order valence-corrected chi connectivity index (χ2v) is 6.42. The average Bonchev–Trinajstić information content (AvgIpc) is 2.90. The summed E-state index contributed by atoms with van der Waals surface area (Å²) in [6, 6.07) is 4.98. The monoisotopic (exact) mass is 342 g/mol. The van der Waals surface area contributed by atoms with Crippen molar-refractivity contribution in [3.05, 3.63) is 29.8 Å². The highest BCUT2D eigenvalue weighted by molar-refractivity contribution is 5.77. The van der Waals surface area contributed by atoms with E-state index in [0.717, 1.165) is 32.0 Å². The van der Waals surface area contributed by atoms with Crippen molar-refractivity contribution in [2.45, 2.75) is 19.0 Å². The number of halogens is 3. The average molecular weight is 342 g/mol. The molecule has 0 spiro atoms. The molecule has 2 aliphatic heterocycles. The topological polar surface area (TPSA) is 41.6 Å². The molecule has 0 bridgehead atoms. The SMILES string of the molecule is O=C(COc1ccccc1C(F)(F)F)N1CC[C@@H]2CNC[C@@H]2CC1. The van der Waals surface area contributed by atoms with Gasteiger partial charge in [0.05, 0.1) is 5.56 Å². The number of benzene rings is 1. The first kappa shape index (κ1) is 17.1. The lowest BCUT2D eigenvalue weighted by Gasteiger charge is -2.21. The van der Waals surface area contributed by atoms with E-state index in [2.05, 4.69) is 5.32 Å². The van der Waals surface area contributed by atoms with Crippen LogP contribution in [0.3, 0.4) is 0 Å². The van der Waals surface area contributed by atoms with Crippen LogP contribution >= 0.6 is 0 Å². The lowest BCUT2D eigenvalue weighted by molar-refractivity contribution is -0.141. The molecule has 7 heteroatoms. The lowest BCUT2D eigenvalue weighted by atomic mass is 9.92. The third kappa shape index (κ3) is 3.83. The summed E-state index contributed by atoms with van der Waals surface area (Å²) in [6.07, 6.45) is -2.63. The van der Waals surface area contributed by atoms with Crippen LogP contribution in [0, 0.1) is 11.8 Å². The molecule has 132 valence electrons. The summed E-state index contributed by atoms with van der Waals surface area (Å²) in [5.41, 5.74) is -0.853. The summed E-state index contributed by atoms with van der Waals surface area (Å²) in [5.74, 6) is 0.637. The van der Waals surface area contributed by atoms with Crippen LogP contribution in [0.5, 0.6) is 5.75 Å².